The number of carbonyl (C=O) groups is 1. The summed E-state index contributed by atoms with van der Waals surface area (Å²) >= 11 is 6.12. The maximum atomic E-state index is 10.7. The second-order valence-electron chi connectivity index (χ2n) is 3.95. The molecule has 0 spiro atoms. The minimum atomic E-state index is 0.318. The van der Waals surface area contributed by atoms with Crippen LogP contribution >= 0.6 is 11.6 Å². The predicted octanol–water partition coefficient (Wildman–Crippen LogP) is 2.77. The molecule has 0 saturated carbocycles. The summed E-state index contributed by atoms with van der Waals surface area (Å²) in [6.45, 7) is 2.16. The van der Waals surface area contributed by atoms with E-state index < -0.39 is 0 Å². The highest BCUT2D eigenvalue weighted by Gasteiger charge is 2.11. The van der Waals surface area contributed by atoms with Gasteiger partial charge in [-0.15, -0.1) is 0 Å². The van der Waals surface area contributed by atoms with Crippen LogP contribution in [-0.4, -0.2) is 16.1 Å². The molecule has 0 atom stereocenters. The SMILES string of the molecule is Cc1nn(C)c(COc2cccc(C=O)c2)c1Cl. The lowest BCUT2D eigenvalue weighted by molar-refractivity contribution is 0.112. The van der Waals surface area contributed by atoms with Crippen LogP contribution in [0.25, 0.3) is 0 Å². The Kier molecular flexibility index (Phi) is 3.67. The van der Waals surface area contributed by atoms with Crippen molar-refractivity contribution >= 4 is 17.9 Å². The molecule has 0 unspecified atom stereocenters. The molecular weight excluding hydrogens is 252 g/mol. The highest BCUT2D eigenvalue weighted by Crippen LogP contribution is 2.21. The normalized spacial score (nSPS) is 10.4. The lowest BCUT2D eigenvalue weighted by Crippen LogP contribution is -2.03. The van der Waals surface area contributed by atoms with Crippen molar-refractivity contribution in [3.63, 3.8) is 0 Å². The first-order valence-corrected chi connectivity index (χ1v) is 5.85. The first kappa shape index (κ1) is 12.6. The van der Waals surface area contributed by atoms with E-state index in [1.54, 1.807) is 28.9 Å². The number of halogens is 1. The molecule has 0 aliphatic carbocycles. The van der Waals surface area contributed by atoms with Gasteiger partial charge in [0, 0.05) is 12.6 Å². The van der Waals surface area contributed by atoms with E-state index in [0.29, 0.717) is 22.9 Å². The molecule has 0 N–H and O–H groups in total. The molecule has 94 valence electrons. The van der Waals surface area contributed by atoms with E-state index in [2.05, 4.69) is 5.10 Å². The van der Waals surface area contributed by atoms with Crippen molar-refractivity contribution in [2.75, 3.05) is 0 Å². The molecule has 1 aromatic carbocycles. The van der Waals surface area contributed by atoms with Gasteiger partial charge < -0.3 is 4.74 Å². The Morgan fingerprint density at radius 3 is 2.89 bits per heavy atom. The van der Waals surface area contributed by atoms with Crippen LogP contribution in [0.1, 0.15) is 21.7 Å². The van der Waals surface area contributed by atoms with Crippen LogP contribution in [0.15, 0.2) is 24.3 Å². The molecule has 0 amide bonds. The van der Waals surface area contributed by atoms with Crippen LogP contribution in [0.2, 0.25) is 5.02 Å². The second kappa shape index (κ2) is 5.23. The Morgan fingerprint density at radius 2 is 2.28 bits per heavy atom. The highest BCUT2D eigenvalue weighted by atomic mass is 35.5. The summed E-state index contributed by atoms with van der Waals surface area (Å²) in [4.78, 5) is 10.7. The number of aromatic nitrogens is 2. The van der Waals surface area contributed by atoms with Crippen LogP contribution in [0.3, 0.4) is 0 Å². The first-order chi connectivity index (χ1) is 8.61. The van der Waals surface area contributed by atoms with Crippen LogP contribution in [0.4, 0.5) is 0 Å². The zero-order valence-corrected chi connectivity index (χ0v) is 10.9. The van der Waals surface area contributed by atoms with Gasteiger partial charge in [0.25, 0.3) is 0 Å². The number of hydrogen-bond acceptors (Lipinski definition) is 3. The molecule has 5 heteroatoms. The number of ether oxygens (including phenoxy) is 1. The number of hydrogen-bond donors (Lipinski definition) is 0. The van der Waals surface area contributed by atoms with E-state index in [-0.39, 0.29) is 0 Å². The van der Waals surface area contributed by atoms with Gasteiger partial charge in [-0.05, 0) is 19.1 Å². The fourth-order valence-electron chi connectivity index (χ4n) is 1.67. The fourth-order valence-corrected chi connectivity index (χ4v) is 1.88. The summed E-state index contributed by atoms with van der Waals surface area (Å²) in [5.41, 5.74) is 2.17. The molecule has 2 rings (SSSR count). The zero-order valence-electron chi connectivity index (χ0n) is 10.2. The summed E-state index contributed by atoms with van der Waals surface area (Å²) in [5.74, 6) is 0.634. The lowest BCUT2D eigenvalue weighted by Gasteiger charge is -2.07. The molecule has 0 aliphatic heterocycles. The summed E-state index contributed by atoms with van der Waals surface area (Å²) in [7, 11) is 1.82. The van der Waals surface area contributed by atoms with Crippen LogP contribution in [0, 0.1) is 6.92 Å². The van der Waals surface area contributed by atoms with Crippen molar-refractivity contribution in [1.29, 1.82) is 0 Å². The molecule has 0 bridgehead atoms. The molecule has 0 fully saturated rings. The number of carbonyl (C=O) groups excluding carboxylic acids is 1. The number of aldehydes is 1. The van der Waals surface area contributed by atoms with Crippen molar-refractivity contribution in [3.8, 4) is 5.75 Å². The van der Waals surface area contributed by atoms with E-state index in [0.717, 1.165) is 17.7 Å². The van der Waals surface area contributed by atoms with Gasteiger partial charge in [-0.3, -0.25) is 9.48 Å². The third-order valence-corrected chi connectivity index (χ3v) is 3.12. The fraction of sp³-hybridized carbons (Fsp3) is 0.231. The van der Waals surface area contributed by atoms with Gasteiger partial charge >= 0.3 is 0 Å². The molecule has 0 radical (unpaired) electrons. The maximum Gasteiger partial charge on any atom is 0.150 e. The third-order valence-electron chi connectivity index (χ3n) is 2.63. The van der Waals surface area contributed by atoms with Gasteiger partial charge in [0.2, 0.25) is 0 Å². The summed E-state index contributed by atoms with van der Waals surface area (Å²) in [5, 5.41) is 4.82. The number of aryl methyl sites for hydroxylation is 2. The molecular formula is C13H13ClN2O2. The van der Waals surface area contributed by atoms with E-state index in [4.69, 9.17) is 16.3 Å². The van der Waals surface area contributed by atoms with Gasteiger partial charge in [-0.2, -0.15) is 5.10 Å². The average molecular weight is 265 g/mol. The molecule has 0 aliphatic rings. The molecule has 1 aromatic heterocycles. The first-order valence-electron chi connectivity index (χ1n) is 5.48. The van der Waals surface area contributed by atoms with Gasteiger partial charge in [0.15, 0.2) is 0 Å². The van der Waals surface area contributed by atoms with Gasteiger partial charge in [-0.1, -0.05) is 23.7 Å². The average Bonchev–Trinajstić information content (AvgIpc) is 2.61. The van der Waals surface area contributed by atoms with E-state index in [9.17, 15) is 4.79 Å². The monoisotopic (exact) mass is 264 g/mol. The van der Waals surface area contributed by atoms with Crippen LogP contribution < -0.4 is 4.74 Å². The molecule has 1 heterocycles. The summed E-state index contributed by atoms with van der Waals surface area (Å²) in [6, 6.07) is 6.98. The smallest absolute Gasteiger partial charge is 0.150 e. The third kappa shape index (κ3) is 2.54. The highest BCUT2D eigenvalue weighted by molar-refractivity contribution is 6.31. The van der Waals surface area contributed by atoms with E-state index in [1.807, 2.05) is 14.0 Å². The zero-order chi connectivity index (χ0) is 13.1. The Morgan fingerprint density at radius 1 is 1.50 bits per heavy atom. The van der Waals surface area contributed by atoms with Crippen molar-refractivity contribution in [2.45, 2.75) is 13.5 Å². The second-order valence-corrected chi connectivity index (χ2v) is 4.33. The Bertz CT molecular complexity index is 578. The van der Waals surface area contributed by atoms with Crippen molar-refractivity contribution < 1.29 is 9.53 Å². The standard InChI is InChI=1S/C13H13ClN2O2/c1-9-13(14)12(16(2)15-9)8-18-11-5-3-4-10(6-11)7-17/h3-7H,8H2,1-2H3. The van der Waals surface area contributed by atoms with Crippen LogP contribution in [-0.2, 0) is 13.7 Å². The van der Waals surface area contributed by atoms with E-state index >= 15 is 0 Å². The molecule has 2 aromatic rings. The van der Waals surface area contributed by atoms with Gasteiger partial charge in [-0.25, -0.2) is 0 Å². The number of rotatable bonds is 4. The predicted molar refractivity (Wildman–Crippen MR) is 69.1 cm³/mol. The lowest BCUT2D eigenvalue weighted by atomic mass is 10.2. The summed E-state index contributed by atoms with van der Waals surface area (Å²) in [6.07, 6.45) is 0.786. The van der Waals surface area contributed by atoms with Crippen LogP contribution in [0.5, 0.6) is 5.75 Å². The minimum Gasteiger partial charge on any atom is -0.487 e. The van der Waals surface area contributed by atoms with E-state index in [1.165, 1.54) is 0 Å². The largest absolute Gasteiger partial charge is 0.487 e. The Hall–Kier alpha value is -1.81. The quantitative estimate of drug-likeness (QED) is 0.798. The topological polar surface area (TPSA) is 44.1 Å². The molecule has 0 saturated heterocycles. The van der Waals surface area contributed by atoms with Gasteiger partial charge in [0.1, 0.15) is 18.6 Å². The minimum absolute atomic E-state index is 0.318. The van der Waals surface area contributed by atoms with Gasteiger partial charge in [0.05, 0.1) is 16.4 Å². The Balaban J connectivity index is 2.13. The summed E-state index contributed by atoms with van der Waals surface area (Å²) < 4.78 is 7.30. The number of benzene rings is 1. The maximum absolute atomic E-state index is 10.7. The van der Waals surface area contributed by atoms with Crippen molar-refractivity contribution in [2.24, 2.45) is 7.05 Å². The van der Waals surface area contributed by atoms with Crippen molar-refractivity contribution in [1.82, 2.24) is 9.78 Å². The van der Waals surface area contributed by atoms with Crippen molar-refractivity contribution in [3.05, 3.63) is 46.2 Å². The molecule has 4 nitrogen and oxygen atoms in total. The Labute approximate surface area is 110 Å². The molecule has 18 heavy (non-hydrogen) atoms. The number of nitrogens with zero attached hydrogens (tertiary/aromatic N) is 2.